The predicted molar refractivity (Wildman–Crippen MR) is 148 cm³/mol. The number of carbonyl (C=O) groups is 1. The largest absolute Gasteiger partial charge is 0.325 e. The molecule has 180 valence electrons. The third-order valence-corrected chi connectivity index (χ3v) is 6.94. The van der Waals surface area contributed by atoms with Gasteiger partial charge in [0.15, 0.2) is 11.0 Å². The van der Waals surface area contributed by atoms with Crippen LogP contribution in [0.25, 0.3) is 33.5 Å². The van der Waals surface area contributed by atoms with Crippen LogP contribution in [0.2, 0.25) is 10.0 Å². The van der Waals surface area contributed by atoms with E-state index in [0.717, 1.165) is 33.5 Å². The fourth-order valence-electron chi connectivity index (χ4n) is 3.95. The number of nitrogens with one attached hydrogen (secondary N) is 1. The Morgan fingerprint density at radius 1 is 0.944 bits per heavy atom. The zero-order valence-electron chi connectivity index (χ0n) is 19.3. The van der Waals surface area contributed by atoms with Gasteiger partial charge in [-0.05, 0) is 37.3 Å². The van der Waals surface area contributed by atoms with E-state index in [1.807, 2.05) is 66.1 Å². The molecule has 0 unspecified atom stereocenters. The molecule has 1 N–H and O–H groups in total. The molecule has 0 aliphatic carbocycles. The standard InChI is InChI=1S/C27H21Cl2N5OS/c1-2-34-26(32-33-27(34)36-16-25(35)30-20-13-18(28)12-19(29)14-20)22-15-24(17-8-4-3-5-9-17)31-23-11-7-6-10-21(22)23/h3-15H,2,16H2,1H3,(H,30,35). The van der Waals surface area contributed by atoms with Crippen LogP contribution in [-0.2, 0) is 11.3 Å². The molecule has 0 saturated heterocycles. The van der Waals surface area contributed by atoms with Crippen molar-refractivity contribution in [1.29, 1.82) is 0 Å². The number of pyridine rings is 1. The Balaban J connectivity index is 1.44. The summed E-state index contributed by atoms with van der Waals surface area (Å²) in [7, 11) is 0. The van der Waals surface area contributed by atoms with Crippen molar-refractivity contribution in [2.45, 2.75) is 18.6 Å². The SMILES string of the molecule is CCn1c(SCC(=O)Nc2cc(Cl)cc(Cl)c2)nnc1-c1cc(-c2ccccc2)nc2ccccc12. The van der Waals surface area contributed by atoms with Crippen molar-refractivity contribution in [2.75, 3.05) is 11.1 Å². The summed E-state index contributed by atoms with van der Waals surface area (Å²) in [5.74, 6) is 0.707. The molecule has 0 aliphatic rings. The van der Waals surface area contributed by atoms with E-state index in [4.69, 9.17) is 28.2 Å². The fourth-order valence-corrected chi connectivity index (χ4v) is 5.28. The molecule has 9 heteroatoms. The van der Waals surface area contributed by atoms with Gasteiger partial charge in [-0.2, -0.15) is 0 Å². The van der Waals surface area contributed by atoms with Crippen molar-refractivity contribution in [3.05, 3.63) is 88.9 Å². The van der Waals surface area contributed by atoms with Crippen LogP contribution in [0, 0.1) is 0 Å². The second kappa shape index (κ2) is 10.7. The quantitative estimate of drug-likeness (QED) is 0.223. The maximum atomic E-state index is 12.6. The molecular formula is C27H21Cl2N5OS. The summed E-state index contributed by atoms with van der Waals surface area (Å²) >= 11 is 13.4. The highest BCUT2D eigenvalue weighted by Crippen LogP contribution is 2.33. The lowest BCUT2D eigenvalue weighted by Gasteiger charge is -2.12. The number of hydrogen-bond acceptors (Lipinski definition) is 5. The van der Waals surface area contributed by atoms with E-state index in [0.29, 0.717) is 27.4 Å². The molecule has 6 nitrogen and oxygen atoms in total. The number of carbonyl (C=O) groups excluding carboxylic acids is 1. The molecule has 5 rings (SSSR count). The number of rotatable bonds is 7. The Labute approximate surface area is 222 Å². The summed E-state index contributed by atoms with van der Waals surface area (Å²) < 4.78 is 2.02. The smallest absolute Gasteiger partial charge is 0.234 e. The van der Waals surface area contributed by atoms with E-state index in [1.165, 1.54) is 11.8 Å². The van der Waals surface area contributed by atoms with Gasteiger partial charge < -0.3 is 9.88 Å². The number of aromatic nitrogens is 4. The van der Waals surface area contributed by atoms with Gasteiger partial charge in [0.1, 0.15) is 0 Å². The maximum absolute atomic E-state index is 12.6. The summed E-state index contributed by atoms with van der Waals surface area (Å²) in [5.41, 5.74) is 4.27. The minimum atomic E-state index is -0.189. The third kappa shape index (κ3) is 5.23. The molecule has 0 radical (unpaired) electrons. The molecular weight excluding hydrogens is 513 g/mol. The van der Waals surface area contributed by atoms with Crippen molar-refractivity contribution in [1.82, 2.24) is 19.7 Å². The summed E-state index contributed by atoms with van der Waals surface area (Å²) in [5, 5.41) is 14.3. The Bertz CT molecular complexity index is 1530. The van der Waals surface area contributed by atoms with Crippen LogP contribution in [-0.4, -0.2) is 31.4 Å². The number of fused-ring (bicyclic) bond motifs is 1. The highest BCUT2D eigenvalue weighted by Gasteiger charge is 2.18. The van der Waals surface area contributed by atoms with Crippen LogP contribution in [0.5, 0.6) is 0 Å². The summed E-state index contributed by atoms with van der Waals surface area (Å²) in [6.07, 6.45) is 0. The molecule has 0 aliphatic heterocycles. The number of hydrogen-bond donors (Lipinski definition) is 1. The number of thioether (sulfide) groups is 1. The first-order valence-corrected chi connectivity index (χ1v) is 13.0. The average molecular weight is 534 g/mol. The fraction of sp³-hybridized carbons (Fsp3) is 0.111. The molecule has 36 heavy (non-hydrogen) atoms. The van der Waals surface area contributed by atoms with Gasteiger partial charge in [-0.3, -0.25) is 4.79 Å². The van der Waals surface area contributed by atoms with Crippen molar-refractivity contribution < 1.29 is 4.79 Å². The number of benzene rings is 3. The second-order valence-corrected chi connectivity index (χ2v) is 9.80. The van der Waals surface area contributed by atoms with Gasteiger partial charge in [0.25, 0.3) is 0 Å². The number of amides is 1. The van der Waals surface area contributed by atoms with Crippen molar-refractivity contribution in [3.63, 3.8) is 0 Å². The van der Waals surface area contributed by atoms with Crippen molar-refractivity contribution in [3.8, 4) is 22.6 Å². The molecule has 5 aromatic rings. The van der Waals surface area contributed by atoms with E-state index in [2.05, 4.69) is 21.6 Å². The monoisotopic (exact) mass is 533 g/mol. The molecule has 0 fully saturated rings. The second-order valence-electron chi connectivity index (χ2n) is 7.98. The highest BCUT2D eigenvalue weighted by molar-refractivity contribution is 7.99. The lowest BCUT2D eigenvalue weighted by atomic mass is 10.0. The minimum absolute atomic E-state index is 0.161. The van der Waals surface area contributed by atoms with Crippen molar-refractivity contribution >= 4 is 57.5 Å². The first-order valence-electron chi connectivity index (χ1n) is 11.3. The van der Waals surface area contributed by atoms with Gasteiger partial charge in [0, 0.05) is 38.8 Å². The van der Waals surface area contributed by atoms with Gasteiger partial charge in [-0.25, -0.2) is 4.98 Å². The molecule has 2 aromatic heterocycles. The van der Waals surface area contributed by atoms with Crippen LogP contribution >= 0.6 is 35.0 Å². The molecule has 3 aromatic carbocycles. The van der Waals surface area contributed by atoms with E-state index < -0.39 is 0 Å². The molecule has 0 bridgehead atoms. The van der Waals surface area contributed by atoms with E-state index in [1.54, 1.807) is 18.2 Å². The topological polar surface area (TPSA) is 72.7 Å². The van der Waals surface area contributed by atoms with Gasteiger partial charge >= 0.3 is 0 Å². The number of anilines is 1. The van der Waals surface area contributed by atoms with Gasteiger partial charge in [0.2, 0.25) is 5.91 Å². The molecule has 1 amide bonds. The zero-order chi connectivity index (χ0) is 25.1. The predicted octanol–water partition coefficient (Wildman–Crippen LogP) is 7.22. The Kier molecular flexibility index (Phi) is 7.23. The minimum Gasteiger partial charge on any atom is -0.325 e. The van der Waals surface area contributed by atoms with E-state index in [-0.39, 0.29) is 11.7 Å². The van der Waals surface area contributed by atoms with E-state index >= 15 is 0 Å². The number of halogens is 2. The maximum Gasteiger partial charge on any atom is 0.234 e. The van der Waals surface area contributed by atoms with Crippen LogP contribution in [0.3, 0.4) is 0 Å². The van der Waals surface area contributed by atoms with Crippen LogP contribution in [0.4, 0.5) is 5.69 Å². The number of para-hydroxylation sites is 1. The molecule has 2 heterocycles. The van der Waals surface area contributed by atoms with E-state index in [9.17, 15) is 4.79 Å². The number of nitrogens with zero attached hydrogens (tertiary/aromatic N) is 4. The Morgan fingerprint density at radius 2 is 1.67 bits per heavy atom. The van der Waals surface area contributed by atoms with Crippen molar-refractivity contribution in [2.24, 2.45) is 0 Å². The molecule has 0 saturated carbocycles. The van der Waals surface area contributed by atoms with Crippen LogP contribution in [0.15, 0.2) is 84.0 Å². The lowest BCUT2D eigenvalue weighted by Crippen LogP contribution is -2.14. The van der Waals surface area contributed by atoms with Gasteiger partial charge in [0.05, 0.1) is 17.0 Å². The van der Waals surface area contributed by atoms with Crippen LogP contribution in [0.1, 0.15) is 6.92 Å². The lowest BCUT2D eigenvalue weighted by molar-refractivity contribution is -0.113. The van der Waals surface area contributed by atoms with Crippen LogP contribution < -0.4 is 5.32 Å². The summed E-state index contributed by atoms with van der Waals surface area (Å²) in [6.45, 7) is 2.68. The third-order valence-electron chi connectivity index (χ3n) is 5.54. The van der Waals surface area contributed by atoms with Gasteiger partial charge in [-0.15, -0.1) is 10.2 Å². The average Bonchev–Trinajstić information content (AvgIpc) is 3.29. The first kappa shape index (κ1) is 24.3. The molecule has 0 spiro atoms. The molecule has 0 atom stereocenters. The van der Waals surface area contributed by atoms with Gasteiger partial charge in [-0.1, -0.05) is 83.5 Å². The summed E-state index contributed by atoms with van der Waals surface area (Å²) in [6, 6.07) is 25.0. The first-order chi connectivity index (χ1) is 17.5. The Morgan fingerprint density at radius 3 is 2.42 bits per heavy atom. The zero-order valence-corrected chi connectivity index (χ0v) is 21.6. The Hall–Kier alpha value is -3.39. The summed E-state index contributed by atoms with van der Waals surface area (Å²) in [4.78, 5) is 17.4. The normalized spacial score (nSPS) is 11.1. The highest BCUT2D eigenvalue weighted by atomic mass is 35.5.